The number of hydrogen-bond acceptors (Lipinski definition) is 8. The Morgan fingerprint density at radius 2 is 1.02 bits per heavy atom. The van der Waals surface area contributed by atoms with Gasteiger partial charge in [0, 0.05) is 13.1 Å². The van der Waals surface area contributed by atoms with Crippen molar-refractivity contribution in [1.82, 2.24) is 10.2 Å². The molecule has 2 aliphatic heterocycles. The molecule has 0 aromatic heterocycles. The predicted octanol–water partition coefficient (Wildman–Crippen LogP) is 8.05. The van der Waals surface area contributed by atoms with Gasteiger partial charge < -0.3 is 29.5 Å². The molecular weight excluding hydrogens is 812 g/mol. The van der Waals surface area contributed by atoms with E-state index in [0.29, 0.717) is 13.0 Å². The minimum atomic E-state index is -5.75. The van der Waals surface area contributed by atoms with Gasteiger partial charge in [-0.1, -0.05) is 60.7 Å². The number of benzene rings is 2. The van der Waals surface area contributed by atoms with Crippen molar-refractivity contribution in [2.24, 2.45) is 22.7 Å². The van der Waals surface area contributed by atoms with Gasteiger partial charge in [-0.3, -0.25) is 9.59 Å². The van der Waals surface area contributed by atoms with Gasteiger partial charge in [-0.15, -0.1) is 0 Å². The van der Waals surface area contributed by atoms with E-state index in [-0.39, 0.29) is 49.8 Å². The summed E-state index contributed by atoms with van der Waals surface area (Å²) in [5.74, 6) is -0.634. The lowest BCUT2D eigenvalue weighted by Crippen LogP contribution is -2.49. The Morgan fingerprint density at radius 1 is 0.638 bits per heavy atom. The normalized spacial score (nSPS) is 21.0. The number of nitrogens with zero attached hydrogens (tertiary/aromatic N) is 1. The molecule has 2 heterocycles. The number of halogens is 12. The summed E-state index contributed by atoms with van der Waals surface area (Å²) in [6, 6.07) is 18.9. The lowest BCUT2D eigenvalue weighted by molar-refractivity contribution is -0.309. The van der Waals surface area contributed by atoms with Crippen molar-refractivity contribution in [3.8, 4) is 0 Å². The summed E-state index contributed by atoms with van der Waals surface area (Å²) in [6.07, 6.45) is -28.5. The summed E-state index contributed by atoms with van der Waals surface area (Å²) in [4.78, 5) is 36.9. The monoisotopic (exact) mass is 852 g/mol. The van der Waals surface area contributed by atoms with E-state index in [1.54, 1.807) is 24.3 Å². The lowest BCUT2D eigenvalue weighted by Gasteiger charge is -2.33. The number of carbonyl (C=O) groups excluding carboxylic acids is 3. The molecule has 2 atom stereocenters. The van der Waals surface area contributed by atoms with Gasteiger partial charge in [0.15, 0.2) is 0 Å². The quantitative estimate of drug-likeness (QED) is 0.164. The second-order valence-corrected chi connectivity index (χ2v) is 14.5. The summed E-state index contributed by atoms with van der Waals surface area (Å²) in [7, 11) is 0. The van der Waals surface area contributed by atoms with E-state index in [1.165, 1.54) is 0 Å². The van der Waals surface area contributed by atoms with Gasteiger partial charge in [-0.05, 0) is 73.6 Å². The maximum atomic E-state index is 12.5. The van der Waals surface area contributed by atoms with Crippen molar-refractivity contribution < 1.29 is 86.4 Å². The van der Waals surface area contributed by atoms with Gasteiger partial charge in [-0.25, -0.2) is 4.79 Å². The number of carbonyl (C=O) groups is 3. The molecule has 4 fully saturated rings. The smallest absolute Gasteiger partial charge is 0.434 e. The first-order chi connectivity index (χ1) is 26.9. The van der Waals surface area contributed by atoms with Gasteiger partial charge in [-0.2, -0.15) is 52.7 Å². The molecule has 1 amide bonds. The molecule has 2 saturated carbocycles. The topological polar surface area (TPSA) is 114 Å². The molecular formula is C37H40F12N2O7. The van der Waals surface area contributed by atoms with E-state index in [0.717, 1.165) is 48.4 Å². The van der Waals surface area contributed by atoms with Crippen LogP contribution in [0.5, 0.6) is 0 Å². The third-order valence-corrected chi connectivity index (χ3v) is 10.4. The van der Waals surface area contributed by atoms with E-state index in [4.69, 9.17) is 14.6 Å². The van der Waals surface area contributed by atoms with Crippen LogP contribution in [0.2, 0.25) is 0 Å². The van der Waals surface area contributed by atoms with E-state index in [9.17, 15) is 67.1 Å². The number of esters is 2. The zero-order chi connectivity index (χ0) is 43.2. The molecule has 6 rings (SSSR count). The number of nitrogens with one attached hydrogen (secondary N) is 1. The number of aliphatic hydroxyl groups is 1. The van der Waals surface area contributed by atoms with Crippen LogP contribution in [-0.4, -0.2) is 91.1 Å². The van der Waals surface area contributed by atoms with Gasteiger partial charge in [0.2, 0.25) is 6.10 Å². The standard InChI is InChI=1S/C19H19F6NO4.C15H19NO2.C3H2F6O/c20-18(21,22)15(19(23,24)25)30-16(28)26-8-6-17(7-9-26)10-13(17)14(27)29-11-12-4-2-1-3-5-12;17-14(18-11-12-4-2-1-3-5-12)13-10-15(13)6-8-16-9-7-15;4-2(5,6)1(10)3(7,8)9/h1-5,13,15H,6-11H2;1-5,13,16H,6-11H2;1,10H. The van der Waals surface area contributed by atoms with Crippen molar-refractivity contribution in [2.75, 3.05) is 26.2 Å². The maximum absolute atomic E-state index is 12.5. The number of alkyl halides is 12. The predicted molar refractivity (Wildman–Crippen MR) is 177 cm³/mol. The molecule has 2 saturated heterocycles. The Hall–Kier alpha value is -4.27. The fourth-order valence-electron chi connectivity index (χ4n) is 6.87. The van der Waals surface area contributed by atoms with Crippen molar-refractivity contribution in [1.29, 1.82) is 0 Å². The van der Waals surface area contributed by atoms with Crippen LogP contribution in [0.4, 0.5) is 57.5 Å². The van der Waals surface area contributed by atoms with Crippen LogP contribution in [0.25, 0.3) is 0 Å². The van der Waals surface area contributed by atoms with Crippen molar-refractivity contribution >= 4 is 18.0 Å². The summed E-state index contributed by atoms with van der Waals surface area (Å²) in [5.41, 5.74) is 1.73. The number of aliphatic hydroxyl groups excluding tert-OH is 1. The zero-order valence-electron chi connectivity index (χ0n) is 30.4. The van der Waals surface area contributed by atoms with E-state index >= 15 is 0 Å². The largest absolute Gasteiger partial charge is 0.461 e. The summed E-state index contributed by atoms with van der Waals surface area (Å²) in [5, 5.41) is 10.8. The van der Waals surface area contributed by atoms with Crippen LogP contribution in [0, 0.1) is 22.7 Å². The van der Waals surface area contributed by atoms with Gasteiger partial charge in [0.25, 0.3) is 6.10 Å². The molecule has 0 bridgehead atoms. The first-order valence-corrected chi connectivity index (χ1v) is 17.9. The van der Waals surface area contributed by atoms with Crippen molar-refractivity contribution in [3.05, 3.63) is 71.8 Å². The van der Waals surface area contributed by atoms with Crippen LogP contribution < -0.4 is 5.32 Å². The highest BCUT2D eigenvalue weighted by atomic mass is 19.4. The fraction of sp³-hybridized carbons (Fsp3) is 0.595. The zero-order valence-corrected chi connectivity index (χ0v) is 30.4. The number of likely N-dealkylation sites (tertiary alicyclic amines) is 1. The first kappa shape index (κ1) is 46.4. The molecule has 2 aromatic carbocycles. The maximum Gasteiger partial charge on any atom is 0.434 e. The third kappa shape index (κ3) is 12.9. The van der Waals surface area contributed by atoms with Crippen LogP contribution in [0.3, 0.4) is 0 Å². The van der Waals surface area contributed by atoms with Crippen molar-refractivity contribution in [3.63, 3.8) is 0 Å². The van der Waals surface area contributed by atoms with Gasteiger partial charge >= 0.3 is 42.7 Å². The van der Waals surface area contributed by atoms with Crippen LogP contribution in [-0.2, 0) is 37.0 Å². The third-order valence-electron chi connectivity index (χ3n) is 10.4. The van der Waals surface area contributed by atoms with Crippen molar-refractivity contribution in [2.45, 2.75) is 88.7 Å². The average Bonchev–Trinajstić information content (AvgIpc) is 4.06. The Kier molecular flexibility index (Phi) is 14.7. The lowest BCUT2D eigenvalue weighted by atomic mass is 9.91. The summed E-state index contributed by atoms with van der Waals surface area (Å²) < 4.78 is 156. The Morgan fingerprint density at radius 3 is 1.36 bits per heavy atom. The highest BCUT2D eigenvalue weighted by Crippen LogP contribution is 2.60. The fourth-order valence-corrected chi connectivity index (χ4v) is 6.87. The molecule has 9 nitrogen and oxygen atoms in total. The SMILES string of the molecule is O=C(OCc1ccccc1)C1CC12CCN(C(=O)OC(C(F)(F)F)C(F)(F)F)CC2.O=C(OCc1ccccc1)C1CC12CCNCC2.OC(C(F)(F)F)C(F)(F)F. The molecule has 21 heteroatoms. The van der Waals surface area contributed by atoms with Crippen LogP contribution in [0.1, 0.15) is 49.7 Å². The number of hydrogen-bond donors (Lipinski definition) is 2. The first-order valence-electron chi connectivity index (χ1n) is 17.9. The van der Waals surface area contributed by atoms with Gasteiger partial charge in [0.05, 0.1) is 11.8 Å². The molecule has 2 spiro atoms. The molecule has 2 unspecified atom stereocenters. The summed E-state index contributed by atoms with van der Waals surface area (Å²) in [6.45, 7) is 2.42. The molecule has 324 valence electrons. The number of piperidine rings is 2. The molecule has 2 aromatic rings. The van der Waals surface area contributed by atoms with Crippen LogP contribution in [0.15, 0.2) is 60.7 Å². The van der Waals surface area contributed by atoms with Crippen LogP contribution >= 0.6 is 0 Å². The second kappa shape index (κ2) is 18.3. The minimum Gasteiger partial charge on any atom is -0.461 e. The van der Waals surface area contributed by atoms with E-state index < -0.39 is 60.3 Å². The Labute approximate surface area is 324 Å². The molecule has 58 heavy (non-hydrogen) atoms. The highest BCUT2D eigenvalue weighted by molar-refractivity contribution is 5.77. The number of ether oxygens (including phenoxy) is 3. The van der Waals surface area contributed by atoms with E-state index in [1.807, 2.05) is 36.4 Å². The molecule has 2 aliphatic carbocycles. The van der Waals surface area contributed by atoms with E-state index in [2.05, 4.69) is 10.1 Å². The molecule has 0 radical (unpaired) electrons. The molecule has 4 aliphatic rings. The highest BCUT2D eigenvalue weighted by Gasteiger charge is 2.62. The average molecular weight is 853 g/mol. The Balaban J connectivity index is 0.000000223. The van der Waals surface area contributed by atoms with Gasteiger partial charge in [0.1, 0.15) is 13.2 Å². The second-order valence-electron chi connectivity index (χ2n) is 14.5. The Bertz CT molecular complexity index is 1630. The number of rotatable bonds is 7. The number of amides is 1. The minimum absolute atomic E-state index is 0.000697. The summed E-state index contributed by atoms with van der Waals surface area (Å²) >= 11 is 0. The molecule has 2 N–H and O–H groups in total.